The fraction of sp³-hybridized carbons (Fsp3) is 0.267. The normalized spacial score (nSPS) is 14.2. The molecule has 1 heterocycles. The maximum atomic E-state index is 13.2. The number of halogens is 1. The molecule has 0 bridgehead atoms. The van der Waals surface area contributed by atoms with E-state index in [0.29, 0.717) is 24.3 Å². The minimum atomic E-state index is -0.606. The first-order valence-corrected chi connectivity index (χ1v) is 14.2. The van der Waals surface area contributed by atoms with Crippen molar-refractivity contribution in [3.63, 3.8) is 0 Å². The number of nitrogens with zero attached hydrogens (tertiary/aromatic N) is 1. The van der Waals surface area contributed by atoms with Gasteiger partial charge in [0.1, 0.15) is 12.3 Å². The number of nitrogens with one attached hydrogen (secondary N) is 1. The van der Waals surface area contributed by atoms with Gasteiger partial charge in [-0.3, -0.25) is 19.3 Å². The van der Waals surface area contributed by atoms with Gasteiger partial charge in [0.15, 0.2) is 0 Å². The van der Waals surface area contributed by atoms with Gasteiger partial charge in [0.05, 0.1) is 28.7 Å². The van der Waals surface area contributed by atoms with Gasteiger partial charge in [-0.15, -0.1) is 0 Å². The molecule has 3 amide bonds. The largest absolute Gasteiger partial charge is 0.493 e. The summed E-state index contributed by atoms with van der Waals surface area (Å²) in [5, 5.41) is 4.10. The third-order valence-corrected chi connectivity index (χ3v) is 7.28. The molecule has 0 aromatic heterocycles. The molecule has 4 rings (SSSR count). The Balaban J connectivity index is 1.52. The number of unbranched alkanes of at least 4 members (excludes halogenated alkanes) is 1. The van der Waals surface area contributed by atoms with E-state index in [1.165, 1.54) is 18.2 Å². The third-order valence-electron chi connectivity index (χ3n) is 6.04. The van der Waals surface area contributed by atoms with Crippen LogP contribution in [0.5, 0.6) is 5.75 Å². The Morgan fingerprint density at radius 3 is 2.60 bits per heavy atom. The Hall–Kier alpha value is -3.82. The molecule has 1 aliphatic heterocycles. The van der Waals surface area contributed by atoms with Gasteiger partial charge in [-0.25, -0.2) is 4.79 Å². The molecule has 0 spiro atoms. The predicted molar refractivity (Wildman–Crippen MR) is 158 cm³/mol. The van der Waals surface area contributed by atoms with E-state index >= 15 is 0 Å². The van der Waals surface area contributed by atoms with Gasteiger partial charge >= 0.3 is 5.97 Å². The van der Waals surface area contributed by atoms with E-state index in [9.17, 15) is 19.2 Å². The van der Waals surface area contributed by atoms with Crippen molar-refractivity contribution in [3.05, 3.63) is 75.7 Å². The van der Waals surface area contributed by atoms with Crippen LogP contribution in [0, 0.1) is 0 Å². The summed E-state index contributed by atoms with van der Waals surface area (Å²) in [5.41, 5.74) is 1.09. The Labute approximate surface area is 241 Å². The summed E-state index contributed by atoms with van der Waals surface area (Å²) in [4.78, 5) is 52.1. The van der Waals surface area contributed by atoms with Crippen molar-refractivity contribution in [2.45, 2.75) is 33.1 Å². The van der Waals surface area contributed by atoms with Crippen LogP contribution in [-0.4, -0.2) is 47.7 Å². The second kappa shape index (κ2) is 13.5. The van der Waals surface area contributed by atoms with E-state index in [0.717, 1.165) is 40.3 Å². The summed E-state index contributed by atoms with van der Waals surface area (Å²) >= 11 is 6.89. The Morgan fingerprint density at radius 2 is 1.82 bits per heavy atom. The summed E-state index contributed by atoms with van der Waals surface area (Å²) in [6, 6.07) is 15.9. The fourth-order valence-corrected chi connectivity index (χ4v) is 5.04. The first kappa shape index (κ1) is 29.2. The predicted octanol–water partition coefficient (Wildman–Crippen LogP) is 6.91. The molecular formula is C30H29ClN2O6S. The first-order valence-electron chi connectivity index (χ1n) is 13.0. The zero-order valence-electron chi connectivity index (χ0n) is 22.2. The van der Waals surface area contributed by atoms with Gasteiger partial charge in [-0.05, 0) is 65.7 Å². The zero-order valence-corrected chi connectivity index (χ0v) is 23.8. The van der Waals surface area contributed by atoms with Crippen LogP contribution in [0.3, 0.4) is 0 Å². The molecule has 1 fully saturated rings. The quantitative estimate of drug-likeness (QED) is 0.149. The number of rotatable bonds is 11. The number of anilines is 1. The Morgan fingerprint density at radius 1 is 1.02 bits per heavy atom. The summed E-state index contributed by atoms with van der Waals surface area (Å²) in [6.07, 6.45) is 4.16. The molecule has 8 nitrogen and oxygen atoms in total. The van der Waals surface area contributed by atoms with Crippen LogP contribution >= 0.6 is 23.4 Å². The molecule has 0 saturated carbocycles. The number of fused-ring (bicyclic) bond motifs is 1. The highest BCUT2D eigenvalue weighted by molar-refractivity contribution is 8.18. The molecule has 40 heavy (non-hydrogen) atoms. The minimum absolute atomic E-state index is 0.106. The van der Waals surface area contributed by atoms with Crippen LogP contribution in [-0.2, 0) is 14.3 Å². The van der Waals surface area contributed by atoms with Crippen LogP contribution in [0.4, 0.5) is 10.5 Å². The van der Waals surface area contributed by atoms with Crippen LogP contribution < -0.4 is 10.1 Å². The topological polar surface area (TPSA) is 102 Å². The van der Waals surface area contributed by atoms with Gasteiger partial charge in [0.2, 0.25) is 5.91 Å². The van der Waals surface area contributed by atoms with E-state index < -0.39 is 29.6 Å². The van der Waals surface area contributed by atoms with Crippen molar-refractivity contribution >= 4 is 68.9 Å². The second-order valence-electron chi connectivity index (χ2n) is 9.05. The zero-order chi connectivity index (χ0) is 28.6. The summed E-state index contributed by atoms with van der Waals surface area (Å²) < 4.78 is 11.1. The minimum Gasteiger partial charge on any atom is -0.493 e. The Kier molecular flexibility index (Phi) is 9.84. The van der Waals surface area contributed by atoms with E-state index in [4.69, 9.17) is 21.1 Å². The molecular weight excluding hydrogens is 552 g/mol. The highest BCUT2D eigenvalue weighted by atomic mass is 35.5. The van der Waals surface area contributed by atoms with Gasteiger partial charge in [0, 0.05) is 11.3 Å². The van der Waals surface area contributed by atoms with E-state index in [1.54, 1.807) is 6.08 Å². The lowest BCUT2D eigenvalue weighted by Crippen LogP contribution is -2.36. The first-order chi connectivity index (χ1) is 19.3. The summed E-state index contributed by atoms with van der Waals surface area (Å²) in [5.74, 6) is -1.16. The molecule has 208 valence electrons. The van der Waals surface area contributed by atoms with E-state index in [2.05, 4.69) is 12.2 Å². The smallest absolute Gasteiger partial charge is 0.339 e. The summed E-state index contributed by atoms with van der Waals surface area (Å²) in [7, 11) is 0. The lowest BCUT2D eigenvalue weighted by Gasteiger charge is -2.14. The van der Waals surface area contributed by atoms with Crippen molar-refractivity contribution in [1.29, 1.82) is 0 Å². The SMILES string of the molecule is CCCCOc1ccc2ccccc2c1/C=C1\SC(=O)N(CC(=O)Nc2ccc(Cl)c(C(=O)OCCC)c2)C1=O. The number of carbonyl (C=O) groups is 4. The van der Waals surface area contributed by atoms with Gasteiger partial charge in [-0.1, -0.05) is 62.2 Å². The molecule has 0 radical (unpaired) electrons. The molecule has 1 N–H and O–H groups in total. The number of esters is 1. The highest BCUT2D eigenvalue weighted by Crippen LogP contribution is 2.37. The van der Waals surface area contributed by atoms with Crippen molar-refractivity contribution in [2.24, 2.45) is 0 Å². The molecule has 1 aliphatic rings. The maximum absolute atomic E-state index is 13.2. The lowest BCUT2D eigenvalue weighted by atomic mass is 10.0. The van der Waals surface area contributed by atoms with Crippen molar-refractivity contribution in [3.8, 4) is 5.75 Å². The number of carbonyl (C=O) groups excluding carboxylic acids is 4. The molecule has 1 saturated heterocycles. The Bertz CT molecular complexity index is 1490. The number of thioether (sulfide) groups is 1. The monoisotopic (exact) mass is 580 g/mol. The standard InChI is InChI=1S/C30H29ClN2O6S/c1-3-5-15-38-25-13-10-19-8-6-7-9-21(19)22(25)17-26-28(35)33(30(37)40-26)18-27(34)32-20-11-12-24(31)23(16-20)29(36)39-14-4-2/h6-13,16-17H,3-5,14-15,18H2,1-2H3,(H,32,34)/b26-17-. The number of hydrogen-bond acceptors (Lipinski definition) is 7. The number of ether oxygens (including phenoxy) is 2. The number of hydrogen-bond donors (Lipinski definition) is 1. The number of benzene rings is 3. The van der Waals surface area contributed by atoms with Crippen LogP contribution in [0.25, 0.3) is 16.8 Å². The fourth-order valence-electron chi connectivity index (χ4n) is 4.02. The van der Waals surface area contributed by atoms with Gasteiger partial charge in [-0.2, -0.15) is 0 Å². The van der Waals surface area contributed by atoms with Crippen LogP contribution in [0.15, 0.2) is 59.5 Å². The average Bonchev–Trinajstić information content (AvgIpc) is 3.21. The molecule has 0 atom stereocenters. The summed E-state index contributed by atoms with van der Waals surface area (Å²) in [6.45, 7) is 4.22. The van der Waals surface area contributed by atoms with E-state index in [-0.39, 0.29) is 27.8 Å². The maximum Gasteiger partial charge on any atom is 0.339 e. The second-order valence-corrected chi connectivity index (χ2v) is 10.4. The van der Waals surface area contributed by atoms with Crippen LogP contribution in [0.2, 0.25) is 5.02 Å². The van der Waals surface area contributed by atoms with Crippen molar-refractivity contribution < 1.29 is 28.7 Å². The third kappa shape index (κ3) is 6.84. The van der Waals surface area contributed by atoms with E-state index in [1.807, 2.05) is 43.3 Å². The number of imide groups is 1. The average molecular weight is 581 g/mol. The number of amides is 3. The lowest BCUT2D eigenvalue weighted by molar-refractivity contribution is -0.127. The van der Waals surface area contributed by atoms with Gasteiger partial charge in [0.25, 0.3) is 11.1 Å². The highest BCUT2D eigenvalue weighted by Gasteiger charge is 2.36. The molecule has 3 aromatic carbocycles. The van der Waals surface area contributed by atoms with Crippen molar-refractivity contribution in [1.82, 2.24) is 4.90 Å². The van der Waals surface area contributed by atoms with Crippen molar-refractivity contribution in [2.75, 3.05) is 25.1 Å². The van der Waals surface area contributed by atoms with Gasteiger partial charge < -0.3 is 14.8 Å². The molecule has 0 unspecified atom stereocenters. The molecule has 10 heteroatoms. The van der Waals surface area contributed by atoms with Crippen LogP contribution in [0.1, 0.15) is 49.0 Å². The molecule has 0 aliphatic carbocycles. The molecule has 3 aromatic rings.